The predicted octanol–water partition coefficient (Wildman–Crippen LogP) is 2.56. The number of methoxy groups -OCH3 is 1. The number of carbonyl (C=O) groups excluding carboxylic acids is 1. The van der Waals surface area contributed by atoms with Gasteiger partial charge in [0.2, 0.25) is 5.91 Å². The van der Waals surface area contributed by atoms with E-state index in [1.54, 1.807) is 25.3 Å². The predicted molar refractivity (Wildman–Crippen MR) is 86.0 cm³/mol. The molecule has 0 saturated carbocycles. The molecule has 1 heterocycles. The molecule has 0 fully saturated rings. The van der Waals surface area contributed by atoms with Crippen LogP contribution in [0.15, 0.2) is 22.5 Å². The number of hydrogen-bond acceptors (Lipinski definition) is 7. The summed E-state index contributed by atoms with van der Waals surface area (Å²) in [5.41, 5.74) is 6.93. The average Bonchev–Trinajstić information content (AvgIpc) is 2.86. The molecule has 2 rings (SSSR count). The van der Waals surface area contributed by atoms with Crippen LogP contribution in [0, 0.1) is 6.92 Å². The van der Waals surface area contributed by atoms with E-state index < -0.39 is 0 Å². The van der Waals surface area contributed by atoms with E-state index in [1.807, 2.05) is 6.92 Å². The first-order chi connectivity index (χ1) is 10.1. The van der Waals surface area contributed by atoms with Crippen LogP contribution in [0.3, 0.4) is 0 Å². The molecule has 0 unspecified atom stereocenters. The largest absolute Gasteiger partial charge is 0.497 e. The Morgan fingerprint density at radius 1 is 1.48 bits per heavy atom. The number of nitrogens with zero attached hydrogens (tertiary/aromatic N) is 2. The number of thioether (sulfide) groups is 1. The molecule has 0 spiro atoms. The van der Waals surface area contributed by atoms with Gasteiger partial charge in [-0.25, -0.2) is 0 Å². The SMILES string of the molecule is COc1ccc(NC(=O)CCSc2nnc(C)s2)c(N)c1. The molecule has 8 heteroatoms. The van der Waals surface area contributed by atoms with Gasteiger partial charge in [0.05, 0.1) is 18.5 Å². The molecule has 0 bridgehead atoms. The van der Waals surface area contributed by atoms with Crippen molar-refractivity contribution in [1.82, 2.24) is 10.2 Å². The Hall–Kier alpha value is -1.80. The van der Waals surface area contributed by atoms with E-state index >= 15 is 0 Å². The Labute approximate surface area is 131 Å². The highest BCUT2D eigenvalue weighted by molar-refractivity contribution is 8.01. The third-order valence-electron chi connectivity index (χ3n) is 2.59. The van der Waals surface area contributed by atoms with Crippen LogP contribution >= 0.6 is 23.1 Å². The first kappa shape index (κ1) is 15.6. The lowest BCUT2D eigenvalue weighted by molar-refractivity contribution is -0.115. The van der Waals surface area contributed by atoms with Gasteiger partial charge in [-0.2, -0.15) is 0 Å². The minimum atomic E-state index is -0.0828. The van der Waals surface area contributed by atoms with Gasteiger partial charge in [-0.1, -0.05) is 23.1 Å². The number of carbonyl (C=O) groups is 1. The highest BCUT2D eigenvalue weighted by Crippen LogP contribution is 2.25. The van der Waals surface area contributed by atoms with E-state index in [1.165, 1.54) is 23.1 Å². The molecule has 0 aliphatic heterocycles. The molecule has 0 radical (unpaired) electrons. The normalized spacial score (nSPS) is 10.4. The highest BCUT2D eigenvalue weighted by atomic mass is 32.2. The first-order valence-electron chi connectivity index (χ1n) is 6.25. The van der Waals surface area contributed by atoms with Gasteiger partial charge in [0.1, 0.15) is 10.8 Å². The number of hydrogen-bond donors (Lipinski definition) is 2. The number of nitrogen functional groups attached to an aromatic ring is 1. The van der Waals surface area contributed by atoms with Crippen LogP contribution in [0.4, 0.5) is 11.4 Å². The number of anilines is 2. The quantitative estimate of drug-likeness (QED) is 0.627. The molecule has 1 aromatic carbocycles. The van der Waals surface area contributed by atoms with Gasteiger partial charge < -0.3 is 15.8 Å². The first-order valence-corrected chi connectivity index (χ1v) is 8.05. The summed E-state index contributed by atoms with van der Waals surface area (Å²) < 4.78 is 5.94. The van der Waals surface area contributed by atoms with E-state index in [-0.39, 0.29) is 5.91 Å². The van der Waals surface area contributed by atoms with Crippen molar-refractivity contribution >= 4 is 40.4 Å². The van der Waals surface area contributed by atoms with Gasteiger partial charge in [0.15, 0.2) is 4.34 Å². The lowest BCUT2D eigenvalue weighted by Gasteiger charge is -2.09. The van der Waals surface area contributed by atoms with Crippen LogP contribution < -0.4 is 15.8 Å². The molecule has 6 nitrogen and oxygen atoms in total. The molecular weight excluding hydrogens is 308 g/mol. The molecule has 2 aromatic rings. The average molecular weight is 324 g/mol. The Bertz CT molecular complexity index is 630. The molecule has 3 N–H and O–H groups in total. The Balaban J connectivity index is 1.81. The summed E-state index contributed by atoms with van der Waals surface area (Å²) in [4.78, 5) is 11.9. The van der Waals surface area contributed by atoms with Gasteiger partial charge in [-0.3, -0.25) is 4.79 Å². The second-order valence-electron chi connectivity index (χ2n) is 4.19. The monoisotopic (exact) mass is 324 g/mol. The van der Waals surface area contributed by atoms with Crippen molar-refractivity contribution in [3.8, 4) is 5.75 Å². The van der Waals surface area contributed by atoms with Crippen molar-refractivity contribution in [2.75, 3.05) is 23.9 Å². The van der Waals surface area contributed by atoms with Crippen molar-refractivity contribution in [1.29, 1.82) is 0 Å². The molecule has 112 valence electrons. The van der Waals surface area contributed by atoms with E-state index in [4.69, 9.17) is 10.5 Å². The maximum Gasteiger partial charge on any atom is 0.225 e. The summed E-state index contributed by atoms with van der Waals surface area (Å²) in [7, 11) is 1.57. The molecular formula is C13H16N4O2S2. The summed E-state index contributed by atoms with van der Waals surface area (Å²) in [6, 6.07) is 5.16. The summed E-state index contributed by atoms with van der Waals surface area (Å²) in [6.07, 6.45) is 0.384. The van der Waals surface area contributed by atoms with Crippen LogP contribution in [0.2, 0.25) is 0 Å². The number of nitrogens with one attached hydrogen (secondary N) is 1. The lowest BCUT2D eigenvalue weighted by atomic mass is 10.2. The van der Waals surface area contributed by atoms with Gasteiger partial charge in [-0.05, 0) is 19.1 Å². The second-order valence-corrected chi connectivity index (χ2v) is 6.71. The third kappa shape index (κ3) is 4.61. The van der Waals surface area contributed by atoms with Crippen molar-refractivity contribution in [3.63, 3.8) is 0 Å². The van der Waals surface area contributed by atoms with Crippen LogP contribution in [0.5, 0.6) is 5.75 Å². The molecule has 1 amide bonds. The van der Waals surface area contributed by atoms with E-state index in [0.717, 1.165) is 9.35 Å². The van der Waals surface area contributed by atoms with E-state index in [9.17, 15) is 4.79 Å². The van der Waals surface area contributed by atoms with E-state index in [0.29, 0.717) is 29.3 Å². The fraction of sp³-hybridized carbons (Fsp3) is 0.308. The zero-order valence-corrected chi connectivity index (χ0v) is 13.4. The van der Waals surface area contributed by atoms with Gasteiger partial charge in [0.25, 0.3) is 0 Å². The Morgan fingerprint density at radius 3 is 2.90 bits per heavy atom. The second kappa shape index (κ2) is 7.28. The number of nitrogens with two attached hydrogens (primary N) is 1. The Kier molecular flexibility index (Phi) is 5.40. The minimum Gasteiger partial charge on any atom is -0.497 e. The van der Waals surface area contributed by atoms with E-state index in [2.05, 4.69) is 15.5 Å². The zero-order chi connectivity index (χ0) is 15.2. The highest BCUT2D eigenvalue weighted by Gasteiger charge is 2.08. The number of amides is 1. The standard InChI is InChI=1S/C13H16N4O2S2/c1-8-16-17-13(21-8)20-6-5-12(18)15-11-4-3-9(19-2)7-10(11)14/h3-4,7H,5-6,14H2,1-2H3,(H,15,18). The molecule has 0 aliphatic rings. The lowest BCUT2D eigenvalue weighted by Crippen LogP contribution is -2.13. The smallest absolute Gasteiger partial charge is 0.225 e. The van der Waals surface area contributed by atoms with Crippen molar-refractivity contribution < 1.29 is 9.53 Å². The maximum absolute atomic E-state index is 11.9. The Morgan fingerprint density at radius 2 is 2.29 bits per heavy atom. The van der Waals surface area contributed by atoms with Crippen LogP contribution in [0.25, 0.3) is 0 Å². The van der Waals surface area contributed by atoms with Crippen LogP contribution in [-0.2, 0) is 4.79 Å². The number of aromatic nitrogens is 2. The zero-order valence-electron chi connectivity index (χ0n) is 11.8. The van der Waals surface area contributed by atoms with Crippen molar-refractivity contribution in [2.45, 2.75) is 17.7 Å². The number of rotatable bonds is 6. The van der Waals surface area contributed by atoms with Crippen LogP contribution in [0.1, 0.15) is 11.4 Å². The van der Waals surface area contributed by atoms with Crippen molar-refractivity contribution in [2.24, 2.45) is 0 Å². The molecule has 21 heavy (non-hydrogen) atoms. The number of aryl methyl sites for hydroxylation is 1. The van der Waals surface area contributed by atoms with Crippen LogP contribution in [-0.4, -0.2) is 29.0 Å². The fourth-order valence-electron chi connectivity index (χ4n) is 1.56. The minimum absolute atomic E-state index is 0.0828. The van der Waals surface area contributed by atoms with Crippen molar-refractivity contribution in [3.05, 3.63) is 23.2 Å². The summed E-state index contributed by atoms with van der Waals surface area (Å²) in [5.74, 6) is 1.23. The van der Waals surface area contributed by atoms with Gasteiger partial charge in [-0.15, -0.1) is 10.2 Å². The molecule has 1 aromatic heterocycles. The number of benzene rings is 1. The molecule has 0 saturated heterocycles. The third-order valence-corrected chi connectivity index (χ3v) is 4.57. The van der Waals surface area contributed by atoms with Gasteiger partial charge in [0, 0.05) is 18.2 Å². The molecule has 0 aliphatic carbocycles. The fourth-order valence-corrected chi connectivity index (χ4v) is 3.39. The topological polar surface area (TPSA) is 90.1 Å². The summed E-state index contributed by atoms with van der Waals surface area (Å²) >= 11 is 3.05. The summed E-state index contributed by atoms with van der Waals surface area (Å²) in [5, 5.41) is 11.6. The molecule has 0 atom stereocenters. The summed E-state index contributed by atoms with van der Waals surface area (Å²) in [6.45, 7) is 1.90. The maximum atomic E-state index is 11.9. The number of ether oxygens (including phenoxy) is 1. The van der Waals surface area contributed by atoms with Gasteiger partial charge >= 0.3 is 0 Å².